The fourth-order valence-corrected chi connectivity index (χ4v) is 2.84. The molecule has 0 aromatic heterocycles. The second-order valence-electron chi connectivity index (χ2n) is 5.66. The number of benzene rings is 1. The standard InChI is InChI=1S/C16H24N2O2/c17-11-8-13-6-2-3-7-14(13)15(19)18-12-16(20)9-4-1-5-10-16/h2-3,6-7,20H,1,4-5,8-12,17H2,(H,18,19). The molecule has 0 atom stereocenters. The second-order valence-corrected chi connectivity index (χ2v) is 5.66. The third-order valence-corrected chi connectivity index (χ3v) is 4.04. The molecule has 0 saturated heterocycles. The highest BCUT2D eigenvalue weighted by Gasteiger charge is 2.29. The van der Waals surface area contributed by atoms with Crippen LogP contribution in [0, 0.1) is 0 Å². The van der Waals surface area contributed by atoms with Crippen LogP contribution >= 0.6 is 0 Å². The number of aliphatic hydroxyl groups is 1. The van der Waals surface area contributed by atoms with E-state index in [2.05, 4.69) is 5.32 Å². The van der Waals surface area contributed by atoms with E-state index >= 15 is 0 Å². The molecule has 0 radical (unpaired) electrons. The number of carbonyl (C=O) groups excluding carboxylic acids is 1. The van der Waals surface area contributed by atoms with Crippen LogP contribution in [-0.4, -0.2) is 29.7 Å². The molecule has 1 aliphatic rings. The average Bonchev–Trinajstić information content (AvgIpc) is 2.47. The number of hydrogen-bond donors (Lipinski definition) is 3. The molecule has 0 spiro atoms. The number of rotatable bonds is 5. The Labute approximate surface area is 120 Å². The summed E-state index contributed by atoms with van der Waals surface area (Å²) in [6, 6.07) is 7.50. The van der Waals surface area contributed by atoms with Crippen LogP contribution in [0.5, 0.6) is 0 Å². The van der Waals surface area contributed by atoms with Gasteiger partial charge in [-0.3, -0.25) is 4.79 Å². The van der Waals surface area contributed by atoms with Gasteiger partial charge in [0.1, 0.15) is 0 Å². The van der Waals surface area contributed by atoms with E-state index in [0.29, 0.717) is 25.1 Å². The fraction of sp³-hybridized carbons (Fsp3) is 0.562. The van der Waals surface area contributed by atoms with Gasteiger partial charge in [-0.05, 0) is 37.4 Å². The second kappa shape index (κ2) is 6.86. The molecule has 2 rings (SSSR count). The topological polar surface area (TPSA) is 75.4 Å². The molecular weight excluding hydrogens is 252 g/mol. The Bertz CT molecular complexity index is 454. The molecule has 1 saturated carbocycles. The van der Waals surface area contributed by atoms with Crippen LogP contribution in [0.25, 0.3) is 0 Å². The summed E-state index contributed by atoms with van der Waals surface area (Å²) in [6.45, 7) is 0.858. The molecule has 0 heterocycles. The Kier molecular flexibility index (Phi) is 5.15. The third-order valence-electron chi connectivity index (χ3n) is 4.04. The quantitative estimate of drug-likeness (QED) is 0.765. The van der Waals surface area contributed by atoms with Crippen molar-refractivity contribution in [3.63, 3.8) is 0 Å². The molecule has 20 heavy (non-hydrogen) atoms. The summed E-state index contributed by atoms with van der Waals surface area (Å²) in [7, 11) is 0. The molecule has 0 unspecified atom stereocenters. The molecule has 110 valence electrons. The fourth-order valence-electron chi connectivity index (χ4n) is 2.84. The largest absolute Gasteiger partial charge is 0.388 e. The van der Waals surface area contributed by atoms with Crippen molar-refractivity contribution in [1.29, 1.82) is 0 Å². The van der Waals surface area contributed by atoms with Crippen molar-refractivity contribution in [2.24, 2.45) is 5.73 Å². The minimum Gasteiger partial charge on any atom is -0.388 e. The summed E-state index contributed by atoms with van der Waals surface area (Å²) in [5.74, 6) is -0.118. The predicted octanol–water partition coefficient (Wildman–Crippen LogP) is 1.61. The van der Waals surface area contributed by atoms with Gasteiger partial charge in [0.2, 0.25) is 0 Å². The lowest BCUT2D eigenvalue weighted by atomic mass is 9.85. The van der Waals surface area contributed by atoms with Crippen molar-refractivity contribution in [3.8, 4) is 0 Å². The lowest BCUT2D eigenvalue weighted by molar-refractivity contribution is 0.00524. The van der Waals surface area contributed by atoms with Crippen molar-refractivity contribution in [2.75, 3.05) is 13.1 Å². The molecule has 4 heteroatoms. The van der Waals surface area contributed by atoms with Crippen LogP contribution in [0.15, 0.2) is 24.3 Å². The summed E-state index contributed by atoms with van der Waals surface area (Å²) >= 11 is 0. The molecule has 1 aromatic carbocycles. The van der Waals surface area contributed by atoms with E-state index in [4.69, 9.17) is 5.73 Å². The average molecular weight is 276 g/mol. The highest BCUT2D eigenvalue weighted by molar-refractivity contribution is 5.95. The number of hydrogen-bond acceptors (Lipinski definition) is 3. The van der Waals surface area contributed by atoms with Gasteiger partial charge in [0.15, 0.2) is 0 Å². The molecule has 0 bridgehead atoms. The number of carbonyl (C=O) groups is 1. The van der Waals surface area contributed by atoms with E-state index in [1.807, 2.05) is 24.3 Å². The summed E-state index contributed by atoms with van der Waals surface area (Å²) in [5.41, 5.74) is 6.47. The third kappa shape index (κ3) is 3.81. The van der Waals surface area contributed by atoms with Gasteiger partial charge in [-0.25, -0.2) is 0 Å². The molecule has 1 amide bonds. The Hall–Kier alpha value is -1.39. The molecule has 1 aromatic rings. The SMILES string of the molecule is NCCc1ccccc1C(=O)NCC1(O)CCCCC1. The number of amides is 1. The van der Waals surface area contributed by atoms with Crippen LogP contribution in [0.2, 0.25) is 0 Å². The monoisotopic (exact) mass is 276 g/mol. The zero-order valence-corrected chi connectivity index (χ0v) is 11.9. The van der Waals surface area contributed by atoms with E-state index in [-0.39, 0.29) is 5.91 Å². The highest BCUT2D eigenvalue weighted by Crippen LogP contribution is 2.27. The number of nitrogens with one attached hydrogen (secondary N) is 1. The normalized spacial score (nSPS) is 17.7. The van der Waals surface area contributed by atoms with Crippen molar-refractivity contribution in [2.45, 2.75) is 44.1 Å². The van der Waals surface area contributed by atoms with Gasteiger partial charge in [-0.1, -0.05) is 37.5 Å². The number of nitrogens with two attached hydrogens (primary N) is 1. The van der Waals surface area contributed by atoms with Crippen LogP contribution in [0.4, 0.5) is 0 Å². The first kappa shape index (κ1) is 15.0. The predicted molar refractivity (Wildman–Crippen MR) is 79.6 cm³/mol. The first-order valence-corrected chi connectivity index (χ1v) is 7.43. The van der Waals surface area contributed by atoms with E-state index < -0.39 is 5.60 Å². The lowest BCUT2D eigenvalue weighted by Crippen LogP contribution is -2.44. The molecule has 4 N–H and O–H groups in total. The van der Waals surface area contributed by atoms with E-state index in [1.54, 1.807) is 0 Å². The Morgan fingerprint density at radius 1 is 1.25 bits per heavy atom. The maximum absolute atomic E-state index is 12.3. The van der Waals surface area contributed by atoms with E-state index in [1.165, 1.54) is 6.42 Å². The van der Waals surface area contributed by atoms with Crippen LogP contribution < -0.4 is 11.1 Å². The summed E-state index contributed by atoms with van der Waals surface area (Å²) in [4.78, 5) is 12.3. The Morgan fingerprint density at radius 2 is 1.95 bits per heavy atom. The maximum Gasteiger partial charge on any atom is 0.251 e. The van der Waals surface area contributed by atoms with Gasteiger partial charge < -0.3 is 16.2 Å². The Balaban J connectivity index is 1.98. The minimum atomic E-state index is -0.725. The van der Waals surface area contributed by atoms with Gasteiger partial charge in [-0.15, -0.1) is 0 Å². The molecule has 4 nitrogen and oxygen atoms in total. The highest BCUT2D eigenvalue weighted by atomic mass is 16.3. The minimum absolute atomic E-state index is 0.118. The van der Waals surface area contributed by atoms with E-state index in [9.17, 15) is 9.90 Å². The maximum atomic E-state index is 12.3. The first-order chi connectivity index (χ1) is 9.64. The molecule has 0 aliphatic heterocycles. The van der Waals surface area contributed by atoms with Gasteiger partial charge in [0.05, 0.1) is 5.60 Å². The van der Waals surface area contributed by atoms with Crippen LogP contribution in [-0.2, 0) is 6.42 Å². The molecule has 1 aliphatic carbocycles. The van der Waals surface area contributed by atoms with Gasteiger partial charge in [0, 0.05) is 12.1 Å². The molecule has 1 fully saturated rings. The lowest BCUT2D eigenvalue weighted by Gasteiger charge is -2.32. The zero-order chi connectivity index (χ0) is 14.4. The van der Waals surface area contributed by atoms with Crippen molar-refractivity contribution in [1.82, 2.24) is 5.32 Å². The van der Waals surface area contributed by atoms with Crippen molar-refractivity contribution >= 4 is 5.91 Å². The van der Waals surface area contributed by atoms with Crippen molar-refractivity contribution in [3.05, 3.63) is 35.4 Å². The smallest absolute Gasteiger partial charge is 0.251 e. The molecular formula is C16H24N2O2. The zero-order valence-electron chi connectivity index (χ0n) is 11.9. The van der Waals surface area contributed by atoms with Gasteiger partial charge in [0.25, 0.3) is 5.91 Å². The summed E-state index contributed by atoms with van der Waals surface area (Å²) < 4.78 is 0. The summed E-state index contributed by atoms with van der Waals surface area (Å²) in [6.07, 6.45) is 5.49. The van der Waals surface area contributed by atoms with Crippen LogP contribution in [0.1, 0.15) is 48.0 Å². The van der Waals surface area contributed by atoms with Crippen molar-refractivity contribution < 1.29 is 9.90 Å². The Morgan fingerprint density at radius 3 is 2.65 bits per heavy atom. The van der Waals surface area contributed by atoms with Gasteiger partial charge >= 0.3 is 0 Å². The summed E-state index contributed by atoms with van der Waals surface area (Å²) in [5, 5.41) is 13.3. The van der Waals surface area contributed by atoms with E-state index in [0.717, 1.165) is 31.2 Å². The van der Waals surface area contributed by atoms with Gasteiger partial charge in [-0.2, -0.15) is 0 Å². The van der Waals surface area contributed by atoms with Crippen LogP contribution in [0.3, 0.4) is 0 Å². The first-order valence-electron chi connectivity index (χ1n) is 7.43.